The number of rotatable bonds is 4. The fourth-order valence-corrected chi connectivity index (χ4v) is 3.17. The minimum Gasteiger partial charge on any atom is -0.351 e. The normalized spacial score (nSPS) is 21.6. The van der Waals surface area contributed by atoms with Crippen LogP contribution in [0.2, 0.25) is 0 Å². The van der Waals surface area contributed by atoms with Crippen molar-refractivity contribution in [1.29, 1.82) is 0 Å². The lowest BCUT2D eigenvalue weighted by Crippen LogP contribution is -2.40. The Bertz CT molecular complexity index is 933. The lowest BCUT2D eigenvalue weighted by Gasteiger charge is -2.27. The summed E-state index contributed by atoms with van der Waals surface area (Å²) in [7, 11) is 0. The topological polar surface area (TPSA) is 74.3 Å². The van der Waals surface area contributed by atoms with Gasteiger partial charge in [0.25, 0.3) is 0 Å². The van der Waals surface area contributed by atoms with E-state index in [-0.39, 0.29) is 17.2 Å². The van der Waals surface area contributed by atoms with Crippen LogP contribution >= 0.6 is 15.9 Å². The van der Waals surface area contributed by atoms with Crippen LogP contribution in [0.3, 0.4) is 0 Å². The second-order valence-electron chi connectivity index (χ2n) is 6.12. The zero-order chi connectivity index (χ0) is 18.7. The van der Waals surface area contributed by atoms with Gasteiger partial charge >= 0.3 is 0 Å². The molecule has 7 heteroatoms. The van der Waals surface area contributed by atoms with Gasteiger partial charge in [-0.25, -0.2) is 4.39 Å². The molecule has 0 fully saturated rings. The molecule has 2 heterocycles. The summed E-state index contributed by atoms with van der Waals surface area (Å²) >= 11 is 3.46. The number of allylic oxidation sites excluding steroid dienone is 1. The van der Waals surface area contributed by atoms with Crippen molar-refractivity contribution >= 4 is 28.1 Å². The van der Waals surface area contributed by atoms with Crippen LogP contribution in [0, 0.1) is 11.7 Å². The average Bonchev–Trinajstić information content (AvgIpc) is 2.62. The lowest BCUT2D eigenvalue weighted by atomic mass is 9.98. The number of alkyl halides is 1. The standard InChI is InChI=1S/C19H17BrFN3O2/c1-19(20)14(3-2-10-23-19)18(26)22-11-12-4-6-13(7-5-12)17-15(21)8-9-16(25)24-17/h2-10,14H,11H2,1H3,(H,22,26)(H,24,25). The van der Waals surface area contributed by atoms with Gasteiger partial charge in [0.2, 0.25) is 11.5 Å². The minimum atomic E-state index is -0.660. The molecule has 2 aromatic rings. The molecule has 1 aliphatic rings. The molecular weight excluding hydrogens is 401 g/mol. The first-order valence-corrected chi connectivity index (χ1v) is 8.83. The Morgan fingerprint density at radius 3 is 2.73 bits per heavy atom. The number of hydrogen-bond acceptors (Lipinski definition) is 3. The molecule has 26 heavy (non-hydrogen) atoms. The Labute approximate surface area is 158 Å². The molecule has 0 bridgehead atoms. The van der Waals surface area contributed by atoms with Gasteiger partial charge in [0.05, 0.1) is 11.6 Å². The number of pyridine rings is 1. The second-order valence-corrected chi connectivity index (χ2v) is 7.73. The van der Waals surface area contributed by atoms with Crippen molar-refractivity contribution in [1.82, 2.24) is 10.3 Å². The van der Waals surface area contributed by atoms with E-state index in [1.54, 1.807) is 42.6 Å². The highest BCUT2D eigenvalue weighted by Crippen LogP contribution is 2.32. The smallest absolute Gasteiger partial charge is 0.248 e. The van der Waals surface area contributed by atoms with E-state index in [4.69, 9.17) is 0 Å². The minimum absolute atomic E-state index is 0.139. The summed E-state index contributed by atoms with van der Waals surface area (Å²) in [6, 6.07) is 9.25. The molecule has 1 aromatic carbocycles. The molecule has 1 aliphatic heterocycles. The van der Waals surface area contributed by atoms with Crippen LogP contribution in [-0.4, -0.2) is 21.6 Å². The van der Waals surface area contributed by atoms with Crippen LogP contribution in [0.5, 0.6) is 0 Å². The summed E-state index contributed by atoms with van der Waals surface area (Å²) in [6.45, 7) is 2.17. The Morgan fingerprint density at radius 2 is 2.04 bits per heavy atom. The molecular formula is C19H17BrFN3O2. The van der Waals surface area contributed by atoms with Crippen molar-refractivity contribution in [3.8, 4) is 11.3 Å². The fourth-order valence-electron chi connectivity index (χ4n) is 2.69. The van der Waals surface area contributed by atoms with Crippen LogP contribution in [0.15, 0.2) is 58.3 Å². The van der Waals surface area contributed by atoms with Crippen molar-refractivity contribution < 1.29 is 9.18 Å². The highest BCUT2D eigenvalue weighted by molar-refractivity contribution is 9.10. The second kappa shape index (κ2) is 7.37. The van der Waals surface area contributed by atoms with Gasteiger partial charge in [-0.1, -0.05) is 46.3 Å². The quantitative estimate of drug-likeness (QED) is 0.592. The Kier molecular flexibility index (Phi) is 5.18. The Morgan fingerprint density at radius 1 is 1.31 bits per heavy atom. The summed E-state index contributed by atoms with van der Waals surface area (Å²) in [4.78, 5) is 30.5. The molecule has 1 aromatic heterocycles. The SMILES string of the molecule is CC1(Br)N=CC=CC1C(=O)NCc1ccc(-c2[nH]c(=O)ccc2F)cc1. The van der Waals surface area contributed by atoms with Crippen LogP contribution in [0.4, 0.5) is 4.39 Å². The molecule has 0 radical (unpaired) electrons. The first-order valence-electron chi connectivity index (χ1n) is 8.03. The zero-order valence-electron chi connectivity index (χ0n) is 14.0. The molecule has 134 valence electrons. The molecule has 0 spiro atoms. The number of dihydropyridines is 1. The first kappa shape index (κ1) is 18.3. The summed E-state index contributed by atoms with van der Waals surface area (Å²) in [5, 5.41) is 2.88. The van der Waals surface area contributed by atoms with Crippen LogP contribution < -0.4 is 10.9 Å². The predicted molar refractivity (Wildman–Crippen MR) is 103 cm³/mol. The number of hydrogen-bond donors (Lipinski definition) is 2. The van der Waals surface area contributed by atoms with Gasteiger partial charge in [0, 0.05) is 24.4 Å². The molecule has 2 atom stereocenters. The van der Waals surface area contributed by atoms with Crippen molar-refractivity contribution in [2.75, 3.05) is 0 Å². The summed E-state index contributed by atoms with van der Waals surface area (Å²) in [5.41, 5.74) is 1.21. The molecule has 3 rings (SSSR count). The summed E-state index contributed by atoms with van der Waals surface area (Å²) in [5.74, 6) is -1.04. The number of benzene rings is 1. The molecule has 2 unspecified atom stereocenters. The van der Waals surface area contributed by atoms with Crippen molar-refractivity contribution in [2.45, 2.75) is 17.9 Å². The van der Waals surface area contributed by atoms with Crippen LogP contribution in [0.25, 0.3) is 11.3 Å². The highest BCUT2D eigenvalue weighted by Gasteiger charge is 2.35. The number of carbonyl (C=O) groups excluding carboxylic acids is 1. The van der Waals surface area contributed by atoms with E-state index < -0.39 is 16.2 Å². The van der Waals surface area contributed by atoms with Gasteiger partial charge < -0.3 is 10.3 Å². The van der Waals surface area contributed by atoms with E-state index in [9.17, 15) is 14.0 Å². The van der Waals surface area contributed by atoms with E-state index >= 15 is 0 Å². The van der Waals surface area contributed by atoms with E-state index in [0.717, 1.165) is 17.7 Å². The highest BCUT2D eigenvalue weighted by atomic mass is 79.9. The van der Waals surface area contributed by atoms with Gasteiger partial charge in [-0.05, 0) is 24.6 Å². The van der Waals surface area contributed by atoms with Crippen LogP contribution in [0.1, 0.15) is 12.5 Å². The Hall–Kier alpha value is -2.54. The maximum absolute atomic E-state index is 13.8. The van der Waals surface area contributed by atoms with E-state index in [0.29, 0.717) is 12.1 Å². The third-order valence-corrected chi connectivity index (χ3v) is 4.84. The van der Waals surface area contributed by atoms with E-state index in [1.165, 1.54) is 0 Å². The number of aromatic nitrogens is 1. The molecule has 1 amide bonds. The zero-order valence-corrected chi connectivity index (χ0v) is 15.6. The maximum atomic E-state index is 13.8. The van der Waals surface area contributed by atoms with Gasteiger partial charge in [-0.2, -0.15) is 0 Å². The number of carbonyl (C=O) groups is 1. The van der Waals surface area contributed by atoms with E-state index in [2.05, 4.69) is 31.2 Å². The Balaban J connectivity index is 1.67. The molecule has 2 N–H and O–H groups in total. The molecule has 0 aliphatic carbocycles. The number of nitrogens with one attached hydrogen (secondary N) is 2. The third-order valence-electron chi connectivity index (χ3n) is 4.14. The number of aromatic amines is 1. The van der Waals surface area contributed by atoms with Gasteiger partial charge in [-0.15, -0.1) is 0 Å². The number of nitrogens with zero attached hydrogens (tertiary/aromatic N) is 1. The van der Waals surface area contributed by atoms with Gasteiger partial charge in [0.15, 0.2) is 0 Å². The van der Waals surface area contributed by atoms with E-state index in [1.807, 2.05) is 6.92 Å². The van der Waals surface area contributed by atoms with Crippen molar-refractivity contribution in [3.05, 3.63) is 70.3 Å². The molecule has 0 saturated heterocycles. The third kappa shape index (κ3) is 3.99. The number of aliphatic imine (C=N–C) groups is 1. The molecule has 5 nitrogen and oxygen atoms in total. The van der Waals surface area contributed by atoms with Crippen molar-refractivity contribution in [2.24, 2.45) is 10.9 Å². The largest absolute Gasteiger partial charge is 0.351 e. The first-order chi connectivity index (χ1) is 12.4. The molecule has 0 saturated carbocycles. The number of halogens is 2. The monoisotopic (exact) mass is 417 g/mol. The average molecular weight is 418 g/mol. The van der Waals surface area contributed by atoms with Crippen molar-refractivity contribution in [3.63, 3.8) is 0 Å². The number of amides is 1. The summed E-state index contributed by atoms with van der Waals surface area (Å²) in [6.07, 6.45) is 5.20. The maximum Gasteiger partial charge on any atom is 0.248 e. The number of H-pyrrole nitrogens is 1. The summed E-state index contributed by atoms with van der Waals surface area (Å²) < 4.78 is 13.2. The predicted octanol–water partition coefficient (Wildman–Crippen LogP) is 3.17. The lowest BCUT2D eigenvalue weighted by molar-refractivity contribution is -0.124. The fraction of sp³-hybridized carbons (Fsp3) is 0.211. The van der Waals surface area contributed by atoms with Crippen LogP contribution in [-0.2, 0) is 11.3 Å². The van der Waals surface area contributed by atoms with Gasteiger partial charge in [-0.3, -0.25) is 14.6 Å². The van der Waals surface area contributed by atoms with Gasteiger partial charge in [0.1, 0.15) is 10.3 Å².